The molecule has 0 aliphatic rings. The minimum absolute atomic E-state index is 0.321. The number of amides is 1. The molecule has 5 aromatic rings. The van der Waals surface area contributed by atoms with Gasteiger partial charge in [0.25, 0.3) is 0 Å². The Morgan fingerprint density at radius 2 is 1.68 bits per heavy atom. The summed E-state index contributed by atoms with van der Waals surface area (Å²) in [7, 11) is 1.65. The molecule has 3 aromatic heterocycles. The summed E-state index contributed by atoms with van der Waals surface area (Å²) in [6, 6.07) is 15.3. The van der Waals surface area contributed by atoms with E-state index in [1.807, 2.05) is 36.4 Å². The first-order valence-corrected chi connectivity index (χ1v) is 13.0. The molecule has 2 aromatic carbocycles. The van der Waals surface area contributed by atoms with Gasteiger partial charge in [0, 0.05) is 26.9 Å². The van der Waals surface area contributed by atoms with E-state index >= 15 is 0 Å². The third-order valence-electron chi connectivity index (χ3n) is 5.79. The Morgan fingerprint density at radius 1 is 1.05 bits per heavy atom. The van der Waals surface area contributed by atoms with Crippen LogP contribution < -0.4 is 5.32 Å². The lowest BCUT2D eigenvalue weighted by Crippen LogP contribution is -2.18. The normalized spacial score (nSPS) is 12.0. The molecule has 38 heavy (non-hydrogen) atoms. The molecule has 0 aliphatic heterocycles. The number of anilines is 1. The SMILES string of the molecule is CC(OC(=O)Nc1c(-c2cc3sc(-c4cc(F)c(CC(=O)O)c(F)c4)cc3s2)nnn1C)c1ccccc1. The monoisotopic (exact) mass is 554 g/mol. The molecule has 194 valence electrons. The standard InChI is InChI=1S/C26H20F2N4O4S2/c1-13(14-6-4-3-5-7-14)36-26(35)29-25-24(30-31-32(25)2)22-12-21-20(38-22)11-19(37-21)15-8-17(27)16(10-23(33)34)18(28)9-15/h3-9,11-13H,10H2,1-2H3,(H,29,35)(H,33,34). The van der Waals surface area contributed by atoms with Gasteiger partial charge in [0.15, 0.2) is 5.82 Å². The van der Waals surface area contributed by atoms with Crippen LogP contribution in [0.4, 0.5) is 19.4 Å². The van der Waals surface area contributed by atoms with E-state index in [9.17, 15) is 18.4 Å². The molecule has 0 saturated heterocycles. The van der Waals surface area contributed by atoms with Crippen LogP contribution in [0.25, 0.3) is 30.4 Å². The Labute approximate surface area is 223 Å². The van der Waals surface area contributed by atoms with Crippen LogP contribution in [0.15, 0.2) is 54.6 Å². The highest BCUT2D eigenvalue weighted by Crippen LogP contribution is 2.43. The average molecular weight is 555 g/mol. The average Bonchev–Trinajstić information content (AvgIpc) is 3.55. The zero-order valence-corrected chi connectivity index (χ0v) is 21.7. The van der Waals surface area contributed by atoms with Crippen LogP contribution in [0.2, 0.25) is 0 Å². The Bertz CT molecular complexity index is 1610. The van der Waals surface area contributed by atoms with Gasteiger partial charge in [-0.2, -0.15) is 0 Å². The third kappa shape index (κ3) is 5.13. The molecule has 0 fully saturated rings. The molecule has 0 spiro atoms. The summed E-state index contributed by atoms with van der Waals surface area (Å²) in [4.78, 5) is 24.9. The van der Waals surface area contributed by atoms with Crippen LogP contribution >= 0.6 is 22.7 Å². The summed E-state index contributed by atoms with van der Waals surface area (Å²) in [6.07, 6.45) is -1.84. The van der Waals surface area contributed by atoms with Crippen molar-refractivity contribution in [2.45, 2.75) is 19.4 Å². The van der Waals surface area contributed by atoms with Gasteiger partial charge in [-0.15, -0.1) is 27.8 Å². The number of aryl methyl sites for hydroxylation is 1. The molecule has 1 atom stereocenters. The molecule has 1 amide bonds. The molecule has 2 N–H and O–H groups in total. The van der Waals surface area contributed by atoms with E-state index in [1.54, 1.807) is 20.0 Å². The minimum Gasteiger partial charge on any atom is -0.481 e. The number of ether oxygens (including phenoxy) is 1. The van der Waals surface area contributed by atoms with Crippen LogP contribution in [0.3, 0.4) is 0 Å². The largest absolute Gasteiger partial charge is 0.481 e. The Hall–Kier alpha value is -4.16. The quantitative estimate of drug-likeness (QED) is 0.234. The number of halogens is 2. The molecule has 0 saturated carbocycles. The van der Waals surface area contributed by atoms with Gasteiger partial charge in [-0.1, -0.05) is 35.5 Å². The van der Waals surface area contributed by atoms with Gasteiger partial charge in [-0.05, 0) is 42.3 Å². The number of nitrogens with one attached hydrogen (secondary N) is 1. The fourth-order valence-corrected chi connectivity index (χ4v) is 6.27. The van der Waals surface area contributed by atoms with Crippen molar-refractivity contribution < 1.29 is 28.2 Å². The smallest absolute Gasteiger partial charge is 0.413 e. The second-order valence-electron chi connectivity index (χ2n) is 8.43. The number of carbonyl (C=O) groups is 2. The maximum atomic E-state index is 14.4. The van der Waals surface area contributed by atoms with Gasteiger partial charge in [0.2, 0.25) is 0 Å². The lowest BCUT2D eigenvalue weighted by atomic mass is 10.1. The van der Waals surface area contributed by atoms with Gasteiger partial charge in [-0.25, -0.2) is 18.3 Å². The number of aromatic nitrogens is 3. The first-order valence-electron chi connectivity index (χ1n) is 11.4. The maximum Gasteiger partial charge on any atom is 0.413 e. The zero-order chi connectivity index (χ0) is 27.0. The van der Waals surface area contributed by atoms with Crippen molar-refractivity contribution in [3.05, 3.63) is 77.4 Å². The summed E-state index contributed by atoms with van der Waals surface area (Å²) in [5.74, 6) is -2.74. The molecule has 0 aliphatic carbocycles. The number of aliphatic carboxylic acids is 1. The van der Waals surface area contributed by atoms with Gasteiger partial charge >= 0.3 is 12.1 Å². The first kappa shape index (κ1) is 25.5. The molecule has 12 heteroatoms. The van der Waals surface area contributed by atoms with E-state index in [0.717, 1.165) is 32.0 Å². The van der Waals surface area contributed by atoms with Crippen LogP contribution in [-0.4, -0.2) is 32.2 Å². The second kappa shape index (κ2) is 10.3. The fourth-order valence-electron chi connectivity index (χ4n) is 3.90. The number of fused-ring (bicyclic) bond motifs is 1. The van der Waals surface area contributed by atoms with Crippen molar-refractivity contribution in [3.63, 3.8) is 0 Å². The van der Waals surface area contributed by atoms with Crippen molar-refractivity contribution >= 4 is 50.0 Å². The van der Waals surface area contributed by atoms with Crippen molar-refractivity contribution in [1.29, 1.82) is 0 Å². The highest BCUT2D eigenvalue weighted by atomic mass is 32.1. The minimum atomic E-state index is -1.31. The van der Waals surface area contributed by atoms with E-state index in [-0.39, 0.29) is 0 Å². The number of benzene rings is 2. The Kier molecular flexibility index (Phi) is 6.91. The van der Waals surface area contributed by atoms with Crippen molar-refractivity contribution in [2.24, 2.45) is 7.05 Å². The number of carboxylic acids is 1. The molecule has 3 heterocycles. The predicted molar refractivity (Wildman–Crippen MR) is 141 cm³/mol. The van der Waals surface area contributed by atoms with Crippen molar-refractivity contribution in [3.8, 4) is 21.0 Å². The number of carboxylic acid groups (broad SMARTS) is 1. The lowest BCUT2D eigenvalue weighted by molar-refractivity contribution is -0.136. The molecule has 5 rings (SSSR count). The topological polar surface area (TPSA) is 106 Å². The first-order chi connectivity index (χ1) is 18.2. The number of hydrogen-bond acceptors (Lipinski definition) is 7. The summed E-state index contributed by atoms with van der Waals surface area (Å²) >= 11 is 2.72. The number of hydrogen-bond donors (Lipinski definition) is 2. The van der Waals surface area contributed by atoms with Crippen molar-refractivity contribution in [1.82, 2.24) is 15.0 Å². The number of nitrogens with zero attached hydrogens (tertiary/aromatic N) is 3. The second-order valence-corrected chi connectivity index (χ2v) is 10.6. The summed E-state index contributed by atoms with van der Waals surface area (Å²) < 4.78 is 37.4. The Morgan fingerprint density at radius 3 is 2.34 bits per heavy atom. The van der Waals surface area contributed by atoms with Crippen molar-refractivity contribution in [2.75, 3.05) is 5.32 Å². The number of thiophene rings is 2. The lowest BCUT2D eigenvalue weighted by Gasteiger charge is -2.14. The van der Waals surface area contributed by atoms with E-state index in [4.69, 9.17) is 9.84 Å². The zero-order valence-electron chi connectivity index (χ0n) is 20.1. The van der Waals surface area contributed by atoms with Crippen LogP contribution in [0.5, 0.6) is 0 Å². The summed E-state index contributed by atoms with van der Waals surface area (Å²) in [5.41, 5.74) is 1.17. The molecule has 8 nitrogen and oxygen atoms in total. The highest BCUT2D eigenvalue weighted by Gasteiger charge is 2.21. The van der Waals surface area contributed by atoms with E-state index in [1.165, 1.54) is 27.4 Å². The van der Waals surface area contributed by atoms with Gasteiger partial charge in [-0.3, -0.25) is 10.1 Å². The molecular formula is C26H20F2N4O4S2. The van der Waals surface area contributed by atoms with E-state index < -0.39 is 41.8 Å². The summed E-state index contributed by atoms with van der Waals surface area (Å²) in [6.45, 7) is 1.78. The van der Waals surface area contributed by atoms with E-state index in [0.29, 0.717) is 22.0 Å². The van der Waals surface area contributed by atoms with Crippen LogP contribution in [0, 0.1) is 11.6 Å². The van der Waals surface area contributed by atoms with Crippen LogP contribution in [-0.2, 0) is 23.0 Å². The molecular weight excluding hydrogens is 534 g/mol. The highest BCUT2D eigenvalue weighted by molar-refractivity contribution is 7.31. The third-order valence-corrected chi connectivity index (χ3v) is 8.14. The maximum absolute atomic E-state index is 14.4. The summed E-state index contributed by atoms with van der Waals surface area (Å²) in [5, 5.41) is 19.8. The fraction of sp³-hybridized carbons (Fsp3) is 0.154. The molecule has 0 bridgehead atoms. The van der Waals surface area contributed by atoms with Crippen LogP contribution in [0.1, 0.15) is 24.2 Å². The predicted octanol–water partition coefficient (Wildman–Crippen LogP) is 6.64. The molecule has 0 radical (unpaired) electrons. The molecule has 1 unspecified atom stereocenters. The van der Waals surface area contributed by atoms with Gasteiger partial charge in [0.05, 0.1) is 11.3 Å². The number of carbonyl (C=O) groups excluding carboxylic acids is 1. The Balaban J connectivity index is 1.37. The number of rotatable bonds is 7. The van der Waals surface area contributed by atoms with Gasteiger partial charge < -0.3 is 9.84 Å². The van der Waals surface area contributed by atoms with E-state index in [2.05, 4.69) is 15.6 Å². The van der Waals surface area contributed by atoms with Gasteiger partial charge in [0.1, 0.15) is 23.4 Å².